The normalized spacial score (nSPS) is 16.5. The fraction of sp³-hybridized carbons (Fsp3) is 0.562. The third kappa shape index (κ3) is 5.13. The Bertz CT molecular complexity index is 467. The fourth-order valence-corrected chi connectivity index (χ4v) is 2.93. The second kappa shape index (κ2) is 7.43. The number of anilines is 1. The van der Waals surface area contributed by atoms with Gasteiger partial charge in [-0.15, -0.1) is 0 Å². The van der Waals surface area contributed by atoms with Gasteiger partial charge in [0.2, 0.25) is 0 Å². The van der Waals surface area contributed by atoms with Crippen LogP contribution in [0, 0.1) is 0 Å². The molecule has 0 saturated carbocycles. The highest BCUT2D eigenvalue weighted by Gasteiger charge is 2.27. The Kier molecular flexibility index (Phi) is 5.85. The standard InChI is InChI=1S/C16H24ClN3S/c1-16(2,20-10-4-3-5-11-20)12-18-15(21)19-14-8-6-13(17)7-9-14/h6-9H,3-5,10-12H2,1-2H3,(H2,18,19,21). The van der Waals surface area contributed by atoms with E-state index in [0.717, 1.165) is 17.3 Å². The molecule has 2 N–H and O–H groups in total. The number of halogens is 1. The van der Waals surface area contributed by atoms with Crippen LogP contribution in [-0.2, 0) is 0 Å². The lowest BCUT2D eigenvalue weighted by Crippen LogP contribution is -2.53. The van der Waals surface area contributed by atoms with E-state index < -0.39 is 0 Å². The molecule has 0 bridgehead atoms. The zero-order valence-electron chi connectivity index (χ0n) is 12.8. The summed E-state index contributed by atoms with van der Waals surface area (Å²) in [5.41, 5.74) is 1.07. The van der Waals surface area contributed by atoms with E-state index >= 15 is 0 Å². The van der Waals surface area contributed by atoms with E-state index in [0.29, 0.717) is 5.11 Å². The van der Waals surface area contributed by atoms with Crippen molar-refractivity contribution in [2.45, 2.75) is 38.6 Å². The van der Waals surface area contributed by atoms with Gasteiger partial charge in [-0.05, 0) is 76.3 Å². The van der Waals surface area contributed by atoms with Crippen molar-refractivity contribution in [3.8, 4) is 0 Å². The predicted molar refractivity (Wildman–Crippen MR) is 95.2 cm³/mol. The lowest BCUT2D eigenvalue weighted by molar-refractivity contribution is 0.0986. The van der Waals surface area contributed by atoms with Crippen LogP contribution in [0.25, 0.3) is 0 Å². The number of piperidine rings is 1. The summed E-state index contributed by atoms with van der Waals surface area (Å²) in [7, 11) is 0. The van der Waals surface area contributed by atoms with Crippen LogP contribution in [0.4, 0.5) is 5.69 Å². The molecule has 0 aromatic heterocycles. The lowest BCUT2D eigenvalue weighted by atomic mass is 9.98. The Balaban J connectivity index is 1.81. The molecule has 0 spiro atoms. The third-order valence-electron chi connectivity index (χ3n) is 4.00. The Morgan fingerprint density at radius 3 is 2.43 bits per heavy atom. The van der Waals surface area contributed by atoms with Gasteiger partial charge in [0.15, 0.2) is 5.11 Å². The molecule has 5 heteroatoms. The van der Waals surface area contributed by atoms with Gasteiger partial charge in [0, 0.05) is 22.8 Å². The van der Waals surface area contributed by atoms with Gasteiger partial charge in [0.25, 0.3) is 0 Å². The maximum Gasteiger partial charge on any atom is 0.170 e. The molecule has 1 aliphatic rings. The number of likely N-dealkylation sites (tertiary alicyclic amines) is 1. The number of thiocarbonyl (C=S) groups is 1. The SMILES string of the molecule is CC(C)(CNC(=S)Nc1ccc(Cl)cc1)N1CCCCC1. The summed E-state index contributed by atoms with van der Waals surface area (Å²) in [4.78, 5) is 2.55. The summed E-state index contributed by atoms with van der Waals surface area (Å²) >= 11 is 11.2. The van der Waals surface area contributed by atoms with E-state index in [4.69, 9.17) is 23.8 Å². The predicted octanol–water partition coefficient (Wildman–Crippen LogP) is 3.89. The molecule has 3 nitrogen and oxygen atoms in total. The number of hydrogen-bond acceptors (Lipinski definition) is 2. The van der Waals surface area contributed by atoms with Gasteiger partial charge in [-0.1, -0.05) is 18.0 Å². The van der Waals surface area contributed by atoms with Crippen LogP contribution in [0.1, 0.15) is 33.1 Å². The first-order valence-corrected chi connectivity index (χ1v) is 8.31. The average molecular weight is 326 g/mol. The van der Waals surface area contributed by atoms with Gasteiger partial charge in [0.1, 0.15) is 0 Å². The van der Waals surface area contributed by atoms with Gasteiger partial charge in [0.05, 0.1) is 0 Å². The first-order chi connectivity index (χ1) is 9.97. The third-order valence-corrected chi connectivity index (χ3v) is 4.49. The number of rotatable bonds is 4. The van der Waals surface area contributed by atoms with Crippen molar-refractivity contribution in [2.75, 3.05) is 25.0 Å². The smallest absolute Gasteiger partial charge is 0.170 e. The molecule has 0 amide bonds. The van der Waals surface area contributed by atoms with Crippen molar-refractivity contribution < 1.29 is 0 Å². The summed E-state index contributed by atoms with van der Waals surface area (Å²) in [6.45, 7) is 7.76. The van der Waals surface area contributed by atoms with Gasteiger partial charge in [-0.2, -0.15) is 0 Å². The second-order valence-electron chi connectivity index (χ2n) is 6.17. The van der Waals surface area contributed by atoms with E-state index in [1.807, 2.05) is 24.3 Å². The minimum Gasteiger partial charge on any atom is -0.361 e. The van der Waals surface area contributed by atoms with Crippen LogP contribution in [0.5, 0.6) is 0 Å². The van der Waals surface area contributed by atoms with Gasteiger partial charge >= 0.3 is 0 Å². The van der Waals surface area contributed by atoms with E-state index in [1.165, 1.54) is 32.4 Å². The molecule has 1 aliphatic heterocycles. The highest BCUT2D eigenvalue weighted by atomic mass is 35.5. The first kappa shape index (κ1) is 16.5. The molecule has 0 atom stereocenters. The summed E-state index contributed by atoms with van der Waals surface area (Å²) in [6.07, 6.45) is 3.96. The van der Waals surface area contributed by atoms with Crippen LogP contribution in [-0.4, -0.2) is 35.2 Å². The van der Waals surface area contributed by atoms with Crippen LogP contribution < -0.4 is 10.6 Å². The largest absolute Gasteiger partial charge is 0.361 e. The Morgan fingerprint density at radius 1 is 1.19 bits per heavy atom. The number of nitrogens with zero attached hydrogens (tertiary/aromatic N) is 1. The molecule has 0 unspecified atom stereocenters. The maximum atomic E-state index is 5.87. The van der Waals surface area contributed by atoms with E-state index in [1.54, 1.807) is 0 Å². The van der Waals surface area contributed by atoms with Gasteiger partial charge in [-0.3, -0.25) is 4.90 Å². The second-order valence-corrected chi connectivity index (χ2v) is 7.02. The van der Waals surface area contributed by atoms with Crippen LogP contribution in [0.3, 0.4) is 0 Å². The van der Waals surface area contributed by atoms with Crippen molar-refractivity contribution in [1.29, 1.82) is 0 Å². The highest BCUT2D eigenvalue weighted by Crippen LogP contribution is 2.20. The molecular weight excluding hydrogens is 302 g/mol. The van der Waals surface area contributed by atoms with Crippen LogP contribution >= 0.6 is 23.8 Å². The first-order valence-electron chi connectivity index (χ1n) is 7.53. The minimum absolute atomic E-state index is 0.117. The minimum atomic E-state index is 0.117. The van der Waals surface area contributed by atoms with E-state index in [2.05, 4.69) is 29.4 Å². The summed E-state index contributed by atoms with van der Waals surface area (Å²) in [6, 6.07) is 7.55. The fourth-order valence-electron chi connectivity index (χ4n) is 2.62. The van der Waals surface area contributed by atoms with Crippen molar-refractivity contribution >= 4 is 34.6 Å². The highest BCUT2D eigenvalue weighted by molar-refractivity contribution is 7.80. The molecule has 2 rings (SSSR count). The Hall–Kier alpha value is -0.840. The average Bonchev–Trinajstić information content (AvgIpc) is 2.49. The number of benzene rings is 1. The monoisotopic (exact) mass is 325 g/mol. The van der Waals surface area contributed by atoms with E-state index in [-0.39, 0.29) is 5.54 Å². The van der Waals surface area contributed by atoms with Crippen LogP contribution in [0.15, 0.2) is 24.3 Å². The molecule has 1 heterocycles. The molecule has 1 fully saturated rings. The maximum absolute atomic E-state index is 5.87. The summed E-state index contributed by atoms with van der Waals surface area (Å²) < 4.78 is 0. The molecule has 0 aliphatic carbocycles. The summed E-state index contributed by atoms with van der Waals surface area (Å²) in [5.74, 6) is 0. The molecular formula is C16H24ClN3S. The molecule has 21 heavy (non-hydrogen) atoms. The lowest BCUT2D eigenvalue weighted by Gasteiger charge is -2.41. The van der Waals surface area contributed by atoms with Gasteiger partial charge < -0.3 is 10.6 Å². The van der Waals surface area contributed by atoms with Crippen LogP contribution in [0.2, 0.25) is 5.02 Å². The molecule has 1 aromatic carbocycles. The van der Waals surface area contributed by atoms with Crippen molar-refractivity contribution in [3.05, 3.63) is 29.3 Å². The Morgan fingerprint density at radius 2 is 1.81 bits per heavy atom. The molecule has 116 valence electrons. The summed E-state index contributed by atoms with van der Waals surface area (Å²) in [5, 5.41) is 7.90. The quantitative estimate of drug-likeness (QED) is 0.821. The van der Waals surface area contributed by atoms with Crippen molar-refractivity contribution in [1.82, 2.24) is 10.2 Å². The zero-order valence-corrected chi connectivity index (χ0v) is 14.4. The topological polar surface area (TPSA) is 27.3 Å². The van der Waals surface area contributed by atoms with Crippen molar-refractivity contribution in [2.24, 2.45) is 0 Å². The van der Waals surface area contributed by atoms with Gasteiger partial charge in [-0.25, -0.2) is 0 Å². The Labute approximate surface area is 138 Å². The van der Waals surface area contributed by atoms with E-state index in [9.17, 15) is 0 Å². The number of nitrogens with one attached hydrogen (secondary N) is 2. The number of hydrogen-bond donors (Lipinski definition) is 2. The van der Waals surface area contributed by atoms with Crippen molar-refractivity contribution in [3.63, 3.8) is 0 Å². The molecule has 1 saturated heterocycles. The zero-order chi connectivity index (χ0) is 15.3. The molecule has 0 radical (unpaired) electrons. The molecule has 1 aromatic rings.